The molecule has 1 aliphatic rings. The summed E-state index contributed by atoms with van der Waals surface area (Å²) in [7, 11) is 0. The Bertz CT molecular complexity index is 771. The number of esters is 1. The number of carbonyl (C=O) groups excluding carboxylic acids is 2. The SMILES string of the molecule is C=C(C)COC(=O)C1(Cc2cc(CC(=O)CN)c(F)cc2[N+](=O)[O-])CC1. The molecule has 0 amide bonds. The van der Waals surface area contributed by atoms with Crippen LogP contribution in [0.15, 0.2) is 24.3 Å². The van der Waals surface area contributed by atoms with Crippen molar-refractivity contribution in [3.63, 3.8) is 0 Å². The van der Waals surface area contributed by atoms with Gasteiger partial charge in [-0.25, -0.2) is 4.39 Å². The first-order valence-electron chi connectivity index (χ1n) is 8.17. The molecule has 1 saturated carbocycles. The van der Waals surface area contributed by atoms with E-state index in [1.165, 1.54) is 6.07 Å². The molecule has 0 radical (unpaired) electrons. The van der Waals surface area contributed by atoms with Crippen LogP contribution in [0.25, 0.3) is 0 Å². The number of halogens is 1. The monoisotopic (exact) mass is 364 g/mol. The molecule has 140 valence electrons. The summed E-state index contributed by atoms with van der Waals surface area (Å²) >= 11 is 0. The van der Waals surface area contributed by atoms with Crippen LogP contribution in [-0.4, -0.2) is 29.8 Å². The summed E-state index contributed by atoms with van der Waals surface area (Å²) in [5.74, 6) is -1.67. The number of nitrogens with zero attached hydrogens (tertiary/aromatic N) is 1. The second-order valence-electron chi connectivity index (χ2n) is 6.74. The van der Waals surface area contributed by atoms with Gasteiger partial charge < -0.3 is 10.5 Å². The van der Waals surface area contributed by atoms with Crippen molar-refractivity contribution in [3.05, 3.63) is 51.3 Å². The fourth-order valence-corrected chi connectivity index (χ4v) is 2.70. The molecule has 2 rings (SSSR count). The van der Waals surface area contributed by atoms with E-state index in [9.17, 15) is 24.1 Å². The Hall–Kier alpha value is -2.61. The summed E-state index contributed by atoms with van der Waals surface area (Å²) in [5.41, 5.74) is 4.92. The Kier molecular flexibility index (Phi) is 5.86. The Balaban J connectivity index is 2.30. The topological polar surface area (TPSA) is 113 Å². The van der Waals surface area contributed by atoms with E-state index in [4.69, 9.17) is 10.5 Å². The second kappa shape index (κ2) is 7.74. The molecule has 8 heteroatoms. The van der Waals surface area contributed by atoms with Gasteiger partial charge in [0.1, 0.15) is 12.4 Å². The predicted molar refractivity (Wildman–Crippen MR) is 92.0 cm³/mol. The second-order valence-corrected chi connectivity index (χ2v) is 6.74. The van der Waals surface area contributed by atoms with Gasteiger partial charge in [-0.3, -0.25) is 19.7 Å². The van der Waals surface area contributed by atoms with Crippen molar-refractivity contribution in [2.45, 2.75) is 32.6 Å². The summed E-state index contributed by atoms with van der Waals surface area (Å²) in [4.78, 5) is 34.4. The molecule has 2 N–H and O–H groups in total. The summed E-state index contributed by atoms with van der Waals surface area (Å²) in [6.45, 7) is 5.22. The van der Waals surface area contributed by atoms with Gasteiger partial charge in [0.25, 0.3) is 5.69 Å². The van der Waals surface area contributed by atoms with Gasteiger partial charge in [0, 0.05) is 12.0 Å². The van der Waals surface area contributed by atoms with Crippen LogP contribution in [0, 0.1) is 21.3 Å². The van der Waals surface area contributed by atoms with Crippen LogP contribution < -0.4 is 5.73 Å². The average Bonchev–Trinajstić information content (AvgIpc) is 3.35. The molecule has 0 aliphatic heterocycles. The number of ketones is 1. The highest BCUT2D eigenvalue weighted by molar-refractivity contribution is 5.83. The standard InChI is InChI=1S/C18H21FN2O5/c1-11(2)10-26-17(23)18(3-4-18)8-13-5-12(6-14(22)9-20)15(19)7-16(13)21(24)25/h5,7H,1,3-4,6,8-10,20H2,2H3. The first kappa shape index (κ1) is 19.7. The number of nitrogens with two attached hydrogens (primary N) is 1. The molecule has 0 bridgehead atoms. The van der Waals surface area contributed by atoms with Gasteiger partial charge in [-0.2, -0.15) is 0 Å². The Morgan fingerprint density at radius 3 is 2.54 bits per heavy atom. The molecule has 7 nitrogen and oxygen atoms in total. The van der Waals surface area contributed by atoms with Gasteiger partial charge in [-0.1, -0.05) is 6.58 Å². The highest BCUT2D eigenvalue weighted by Crippen LogP contribution is 2.50. The zero-order valence-corrected chi connectivity index (χ0v) is 14.5. The number of ether oxygens (including phenoxy) is 1. The average molecular weight is 364 g/mol. The molecule has 26 heavy (non-hydrogen) atoms. The lowest BCUT2D eigenvalue weighted by Gasteiger charge is -2.15. The lowest BCUT2D eigenvalue weighted by Crippen LogP contribution is -2.23. The number of rotatable bonds is 9. The molecule has 1 aliphatic carbocycles. The van der Waals surface area contributed by atoms with Crippen molar-refractivity contribution in [3.8, 4) is 0 Å². The maximum atomic E-state index is 14.1. The summed E-state index contributed by atoms with van der Waals surface area (Å²) < 4.78 is 19.3. The van der Waals surface area contributed by atoms with Crippen LogP contribution >= 0.6 is 0 Å². The largest absolute Gasteiger partial charge is 0.461 e. The van der Waals surface area contributed by atoms with E-state index in [0.717, 1.165) is 6.07 Å². The predicted octanol–water partition coefficient (Wildman–Crippen LogP) is 2.25. The minimum absolute atomic E-state index is 0.0344. The van der Waals surface area contributed by atoms with Crippen molar-refractivity contribution in [1.29, 1.82) is 0 Å². The molecule has 1 fully saturated rings. The van der Waals surface area contributed by atoms with Crippen LogP contribution in [0.4, 0.5) is 10.1 Å². The van der Waals surface area contributed by atoms with E-state index in [1.54, 1.807) is 6.92 Å². The molecular formula is C18H21FN2O5. The number of nitro groups is 1. The number of hydrogen-bond donors (Lipinski definition) is 1. The van der Waals surface area contributed by atoms with Crippen LogP contribution in [0.1, 0.15) is 30.9 Å². The lowest BCUT2D eigenvalue weighted by atomic mass is 9.93. The summed E-state index contributed by atoms with van der Waals surface area (Å²) in [6.07, 6.45) is 0.879. The van der Waals surface area contributed by atoms with Gasteiger partial charge in [-0.05, 0) is 43.4 Å². The van der Waals surface area contributed by atoms with Crippen LogP contribution in [0.3, 0.4) is 0 Å². The van der Waals surface area contributed by atoms with Gasteiger partial charge in [0.15, 0.2) is 5.78 Å². The highest BCUT2D eigenvalue weighted by atomic mass is 19.1. The smallest absolute Gasteiger partial charge is 0.312 e. The number of Topliss-reactive ketones (excluding diaryl/α,β-unsaturated/α-hetero) is 1. The third-order valence-corrected chi connectivity index (χ3v) is 4.32. The van der Waals surface area contributed by atoms with Crippen molar-refractivity contribution >= 4 is 17.4 Å². The van der Waals surface area contributed by atoms with E-state index in [0.29, 0.717) is 18.4 Å². The van der Waals surface area contributed by atoms with E-state index < -0.39 is 27.8 Å². The van der Waals surface area contributed by atoms with Gasteiger partial charge in [0.05, 0.1) is 22.9 Å². The van der Waals surface area contributed by atoms with E-state index >= 15 is 0 Å². The van der Waals surface area contributed by atoms with Crippen molar-refractivity contribution < 1.29 is 23.6 Å². The maximum Gasteiger partial charge on any atom is 0.312 e. The zero-order chi connectivity index (χ0) is 19.5. The van der Waals surface area contributed by atoms with Gasteiger partial charge in [0.2, 0.25) is 0 Å². The van der Waals surface area contributed by atoms with E-state index in [1.807, 2.05) is 0 Å². The fraction of sp³-hybridized carbons (Fsp3) is 0.444. The summed E-state index contributed by atoms with van der Waals surface area (Å²) in [5, 5.41) is 11.3. The number of hydrogen-bond acceptors (Lipinski definition) is 6. The molecule has 0 atom stereocenters. The normalized spacial score (nSPS) is 14.6. The van der Waals surface area contributed by atoms with Crippen molar-refractivity contribution in [2.75, 3.05) is 13.2 Å². The third kappa shape index (κ3) is 4.51. The van der Waals surface area contributed by atoms with Crippen molar-refractivity contribution in [1.82, 2.24) is 0 Å². The molecule has 0 heterocycles. The van der Waals surface area contributed by atoms with Crippen molar-refractivity contribution in [2.24, 2.45) is 11.1 Å². The molecule has 1 aromatic carbocycles. The molecular weight excluding hydrogens is 343 g/mol. The molecule has 0 aromatic heterocycles. The van der Waals surface area contributed by atoms with Crippen LogP contribution in [0.2, 0.25) is 0 Å². The van der Waals surface area contributed by atoms with E-state index in [-0.39, 0.29) is 42.9 Å². The van der Waals surface area contributed by atoms with Gasteiger partial charge in [-0.15, -0.1) is 0 Å². The molecule has 0 unspecified atom stereocenters. The first-order chi connectivity index (χ1) is 12.2. The number of carbonyl (C=O) groups is 2. The Morgan fingerprint density at radius 1 is 1.38 bits per heavy atom. The maximum absolute atomic E-state index is 14.1. The summed E-state index contributed by atoms with van der Waals surface area (Å²) in [6, 6.07) is 2.08. The highest BCUT2D eigenvalue weighted by Gasteiger charge is 2.52. The third-order valence-electron chi connectivity index (χ3n) is 4.32. The van der Waals surface area contributed by atoms with E-state index in [2.05, 4.69) is 6.58 Å². The minimum Gasteiger partial charge on any atom is -0.461 e. The number of benzene rings is 1. The van der Waals surface area contributed by atoms with Crippen LogP contribution in [0.5, 0.6) is 0 Å². The Morgan fingerprint density at radius 2 is 2.04 bits per heavy atom. The quantitative estimate of drug-likeness (QED) is 0.311. The number of nitro benzene ring substituents is 1. The molecule has 1 aromatic rings. The lowest BCUT2D eigenvalue weighted by molar-refractivity contribution is -0.385. The first-order valence-corrected chi connectivity index (χ1v) is 8.17. The minimum atomic E-state index is -0.840. The molecule has 0 saturated heterocycles. The molecule has 0 spiro atoms. The van der Waals surface area contributed by atoms with Crippen LogP contribution in [-0.2, 0) is 27.2 Å². The van der Waals surface area contributed by atoms with Gasteiger partial charge >= 0.3 is 5.97 Å². The Labute approximate surface area is 150 Å². The fourth-order valence-electron chi connectivity index (χ4n) is 2.70. The zero-order valence-electron chi connectivity index (χ0n) is 14.5.